The van der Waals surface area contributed by atoms with E-state index >= 15 is 0 Å². The zero-order valence-corrected chi connectivity index (χ0v) is 21.9. The summed E-state index contributed by atoms with van der Waals surface area (Å²) in [6, 6.07) is 12.2. The number of ether oxygens (including phenoxy) is 3. The molecule has 1 aliphatic rings. The van der Waals surface area contributed by atoms with Gasteiger partial charge in [0.25, 0.3) is 0 Å². The van der Waals surface area contributed by atoms with Crippen molar-refractivity contribution in [3.8, 4) is 5.75 Å². The number of nitrogens with one attached hydrogen (secondary N) is 1. The van der Waals surface area contributed by atoms with Crippen molar-refractivity contribution in [2.45, 2.75) is 25.0 Å². The van der Waals surface area contributed by atoms with E-state index in [1.54, 1.807) is 13.3 Å². The summed E-state index contributed by atoms with van der Waals surface area (Å²) in [5.74, 6) is -0.994. The number of pyridine rings is 1. The number of carbonyl (C=O) groups is 3. The lowest BCUT2D eigenvalue weighted by atomic mass is 10.1. The number of esters is 2. The van der Waals surface area contributed by atoms with Crippen LogP contribution in [0.15, 0.2) is 54.7 Å². The van der Waals surface area contributed by atoms with Crippen molar-refractivity contribution in [1.82, 2.24) is 30.2 Å². The molecule has 1 aliphatic heterocycles. The molecule has 12 nitrogen and oxygen atoms in total. The van der Waals surface area contributed by atoms with Gasteiger partial charge in [-0.3, -0.25) is 14.7 Å². The summed E-state index contributed by atoms with van der Waals surface area (Å²) in [4.78, 5) is 44.3. The molecule has 2 atom stereocenters. The first-order valence-electron chi connectivity index (χ1n) is 12.3. The van der Waals surface area contributed by atoms with Crippen molar-refractivity contribution >= 4 is 23.9 Å². The Morgan fingerprint density at radius 2 is 1.82 bits per heavy atom. The van der Waals surface area contributed by atoms with E-state index in [4.69, 9.17) is 14.2 Å². The van der Waals surface area contributed by atoms with Crippen LogP contribution in [-0.2, 0) is 20.8 Å². The van der Waals surface area contributed by atoms with Gasteiger partial charge in [0.2, 0.25) is 11.6 Å². The average Bonchev–Trinajstić information content (AvgIpc) is 3.61. The maximum absolute atomic E-state index is 13.3. The van der Waals surface area contributed by atoms with Crippen molar-refractivity contribution in [2.75, 3.05) is 34.4 Å². The Morgan fingerprint density at radius 1 is 1.05 bits per heavy atom. The number of rotatable bonds is 10. The molecule has 0 saturated carbocycles. The Balaban J connectivity index is 1.56. The van der Waals surface area contributed by atoms with Gasteiger partial charge in [0, 0.05) is 19.3 Å². The fraction of sp³-hybridized carbons (Fsp3) is 0.333. The van der Waals surface area contributed by atoms with E-state index in [0.29, 0.717) is 19.5 Å². The van der Waals surface area contributed by atoms with E-state index in [0.717, 1.165) is 17.0 Å². The predicted octanol–water partition coefficient (Wildman–Crippen LogP) is 1.90. The number of amides is 1. The summed E-state index contributed by atoms with van der Waals surface area (Å²) in [6.45, 7) is 1.11. The van der Waals surface area contributed by atoms with Crippen molar-refractivity contribution in [1.29, 1.82) is 0 Å². The third-order valence-corrected chi connectivity index (χ3v) is 6.42. The molecular weight excluding hydrogens is 504 g/mol. The standard InChI is InChI=1S/C27H30N6O6/c1-37-21-11-9-18(10-12-21)7-6-14-32-17-20(15-22(32)25(34)29-16-19-8-4-5-13-28-19)33-24(27(36)39-3)23(30-31-33)26(35)38-2/h4-13,20,22H,14-17H2,1-3H3,(H,29,34)/b7-6+/t20-,22-/m0/s1. The lowest BCUT2D eigenvalue weighted by Crippen LogP contribution is -2.43. The smallest absolute Gasteiger partial charge is 0.361 e. The summed E-state index contributed by atoms with van der Waals surface area (Å²) < 4.78 is 16.2. The second-order valence-corrected chi connectivity index (χ2v) is 8.79. The van der Waals surface area contributed by atoms with Crippen LogP contribution in [0.1, 0.15) is 44.7 Å². The fourth-order valence-corrected chi connectivity index (χ4v) is 4.44. The minimum absolute atomic E-state index is 0.113. The van der Waals surface area contributed by atoms with Gasteiger partial charge in [-0.05, 0) is 36.2 Å². The first-order valence-corrected chi connectivity index (χ1v) is 12.3. The molecule has 1 fully saturated rings. The van der Waals surface area contributed by atoms with Gasteiger partial charge in [-0.2, -0.15) is 0 Å². The SMILES string of the molecule is COC(=O)c1nnn([C@H]2C[C@@H](C(=O)NCc3ccccn3)N(C/C=C/c3ccc(OC)cc3)C2)c1C(=O)OC. The van der Waals surface area contributed by atoms with Gasteiger partial charge in [0.1, 0.15) is 5.75 Å². The molecule has 0 aliphatic carbocycles. The number of hydrogen-bond acceptors (Lipinski definition) is 10. The lowest BCUT2D eigenvalue weighted by Gasteiger charge is -2.21. The highest BCUT2D eigenvalue weighted by molar-refractivity contribution is 6.00. The maximum atomic E-state index is 13.3. The molecular formula is C27H30N6O6. The molecule has 3 aromatic rings. The van der Waals surface area contributed by atoms with E-state index in [-0.39, 0.29) is 23.8 Å². The van der Waals surface area contributed by atoms with Crippen LogP contribution in [0.3, 0.4) is 0 Å². The van der Waals surface area contributed by atoms with Gasteiger partial charge < -0.3 is 19.5 Å². The molecule has 1 saturated heterocycles. The molecule has 0 unspecified atom stereocenters. The zero-order valence-electron chi connectivity index (χ0n) is 21.9. The molecule has 0 bridgehead atoms. The average molecular weight is 535 g/mol. The molecule has 4 rings (SSSR count). The largest absolute Gasteiger partial charge is 0.497 e. The van der Waals surface area contributed by atoms with E-state index in [1.807, 2.05) is 59.5 Å². The van der Waals surface area contributed by atoms with Crippen molar-refractivity contribution in [2.24, 2.45) is 0 Å². The predicted molar refractivity (Wildman–Crippen MR) is 140 cm³/mol. The van der Waals surface area contributed by atoms with Crippen LogP contribution in [-0.4, -0.2) is 83.2 Å². The Bertz CT molecular complexity index is 1320. The van der Waals surface area contributed by atoms with Gasteiger partial charge in [-0.15, -0.1) is 5.10 Å². The Labute approximate surface area is 225 Å². The third-order valence-electron chi connectivity index (χ3n) is 6.42. The summed E-state index contributed by atoms with van der Waals surface area (Å²) in [5, 5.41) is 10.9. The molecule has 1 N–H and O–H groups in total. The normalized spacial score (nSPS) is 17.2. The molecule has 204 valence electrons. The monoisotopic (exact) mass is 534 g/mol. The molecule has 39 heavy (non-hydrogen) atoms. The van der Waals surface area contributed by atoms with Crippen LogP contribution in [0.25, 0.3) is 6.08 Å². The van der Waals surface area contributed by atoms with Crippen LogP contribution >= 0.6 is 0 Å². The molecule has 2 aromatic heterocycles. The molecule has 0 spiro atoms. The summed E-state index contributed by atoms with van der Waals surface area (Å²) in [5.41, 5.74) is 1.36. The topological polar surface area (TPSA) is 138 Å². The number of benzene rings is 1. The van der Waals surface area contributed by atoms with Gasteiger partial charge >= 0.3 is 11.9 Å². The van der Waals surface area contributed by atoms with E-state index < -0.39 is 24.0 Å². The molecule has 1 aromatic carbocycles. The minimum Gasteiger partial charge on any atom is -0.497 e. The second-order valence-electron chi connectivity index (χ2n) is 8.79. The number of carbonyl (C=O) groups excluding carboxylic acids is 3. The Kier molecular flexibility index (Phi) is 9.00. The first-order chi connectivity index (χ1) is 18.9. The van der Waals surface area contributed by atoms with Crippen LogP contribution in [0.5, 0.6) is 5.75 Å². The van der Waals surface area contributed by atoms with E-state index in [1.165, 1.54) is 18.9 Å². The third kappa shape index (κ3) is 6.47. The second kappa shape index (κ2) is 12.8. The highest BCUT2D eigenvalue weighted by Crippen LogP contribution is 2.29. The number of aromatic nitrogens is 4. The molecule has 1 amide bonds. The van der Waals surface area contributed by atoms with Gasteiger partial charge in [-0.1, -0.05) is 35.6 Å². The van der Waals surface area contributed by atoms with Crippen molar-refractivity contribution in [3.05, 3.63) is 77.4 Å². The Hall–Kier alpha value is -4.58. The molecule has 3 heterocycles. The van der Waals surface area contributed by atoms with E-state index in [2.05, 4.69) is 20.6 Å². The number of nitrogens with zero attached hydrogens (tertiary/aromatic N) is 5. The lowest BCUT2D eigenvalue weighted by molar-refractivity contribution is -0.125. The summed E-state index contributed by atoms with van der Waals surface area (Å²) in [6.07, 6.45) is 5.92. The summed E-state index contributed by atoms with van der Waals surface area (Å²) in [7, 11) is 4.01. The van der Waals surface area contributed by atoms with E-state index in [9.17, 15) is 14.4 Å². The number of likely N-dealkylation sites (tertiary alicyclic amines) is 1. The fourth-order valence-electron chi connectivity index (χ4n) is 4.44. The molecule has 12 heteroatoms. The van der Waals surface area contributed by atoms with Gasteiger partial charge in [-0.25, -0.2) is 14.3 Å². The quantitative estimate of drug-likeness (QED) is 0.384. The first kappa shape index (κ1) is 27.5. The number of methoxy groups -OCH3 is 3. The zero-order chi connectivity index (χ0) is 27.8. The highest BCUT2D eigenvalue weighted by Gasteiger charge is 2.40. The molecule has 0 radical (unpaired) electrons. The van der Waals surface area contributed by atoms with Crippen molar-refractivity contribution < 1.29 is 28.6 Å². The number of hydrogen-bond donors (Lipinski definition) is 1. The van der Waals surface area contributed by atoms with Crippen LogP contribution in [0.2, 0.25) is 0 Å². The van der Waals surface area contributed by atoms with Gasteiger partial charge in [0.15, 0.2) is 5.69 Å². The van der Waals surface area contributed by atoms with Crippen molar-refractivity contribution in [3.63, 3.8) is 0 Å². The Morgan fingerprint density at radius 3 is 2.49 bits per heavy atom. The van der Waals surface area contributed by atoms with Crippen LogP contribution in [0, 0.1) is 0 Å². The highest BCUT2D eigenvalue weighted by atomic mass is 16.5. The summed E-state index contributed by atoms with van der Waals surface area (Å²) >= 11 is 0. The van der Waals surface area contributed by atoms with Crippen LogP contribution in [0.4, 0.5) is 0 Å². The minimum atomic E-state index is -0.802. The van der Waals surface area contributed by atoms with Gasteiger partial charge in [0.05, 0.1) is 45.7 Å². The maximum Gasteiger partial charge on any atom is 0.361 e. The van der Waals surface area contributed by atoms with Crippen LogP contribution < -0.4 is 10.1 Å².